The van der Waals surface area contributed by atoms with Crippen LogP contribution in [0.1, 0.15) is 5.56 Å². The first-order valence-electron chi connectivity index (χ1n) is 5.54. The van der Waals surface area contributed by atoms with Crippen LogP contribution in [0.2, 0.25) is 0 Å². The van der Waals surface area contributed by atoms with E-state index in [2.05, 4.69) is 11.6 Å². The maximum atomic E-state index is 13.7. The quantitative estimate of drug-likeness (QED) is 0.674. The van der Waals surface area contributed by atoms with Crippen LogP contribution in [0.25, 0.3) is 6.08 Å². The van der Waals surface area contributed by atoms with Crippen LogP contribution in [0, 0.1) is 23.3 Å². The molecule has 0 spiro atoms. The number of ether oxygens (including phenoxy) is 1. The summed E-state index contributed by atoms with van der Waals surface area (Å²) in [5.41, 5.74) is 9.99. The van der Waals surface area contributed by atoms with E-state index in [1.54, 1.807) is 0 Å². The number of anilines is 2. The lowest BCUT2D eigenvalue weighted by Gasteiger charge is -2.11. The van der Waals surface area contributed by atoms with E-state index in [1.807, 2.05) is 0 Å². The van der Waals surface area contributed by atoms with Gasteiger partial charge in [0.2, 0.25) is 23.3 Å². The third-order valence-electron chi connectivity index (χ3n) is 2.51. The molecule has 0 aliphatic heterocycles. The Morgan fingerprint density at radius 1 is 1.00 bits per heavy atom. The molecular formula is C13H9F4N3O. The highest BCUT2D eigenvalue weighted by Gasteiger charge is 2.26. The average Bonchev–Trinajstić information content (AvgIpc) is 2.41. The van der Waals surface area contributed by atoms with E-state index in [0.29, 0.717) is 6.08 Å². The monoisotopic (exact) mass is 299 g/mol. The molecule has 0 radical (unpaired) electrons. The lowest BCUT2D eigenvalue weighted by atomic mass is 10.1. The van der Waals surface area contributed by atoms with Crippen molar-refractivity contribution in [3.8, 4) is 11.6 Å². The number of hydrogen-bond acceptors (Lipinski definition) is 4. The SMILES string of the molecule is C=Cc1c(F)c(F)c(Oc2cc(N)cc(N)n2)c(F)c1F. The van der Waals surface area contributed by atoms with Gasteiger partial charge < -0.3 is 16.2 Å². The van der Waals surface area contributed by atoms with Crippen LogP contribution >= 0.6 is 0 Å². The van der Waals surface area contributed by atoms with Crippen LogP contribution in [-0.2, 0) is 0 Å². The van der Waals surface area contributed by atoms with Gasteiger partial charge in [-0.1, -0.05) is 12.7 Å². The minimum Gasteiger partial charge on any atom is -0.432 e. The van der Waals surface area contributed by atoms with Crippen molar-refractivity contribution in [2.24, 2.45) is 0 Å². The predicted molar refractivity (Wildman–Crippen MR) is 69.5 cm³/mol. The topological polar surface area (TPSA) is 74.2 Å². The highest BCUT2D eigenvalue weighted by Crippen LogP contribution is 2.33. The molecule has 0 aliphatic rings. The maximum Gasteiger partial charge on any atom is 0.223 e. The van der Waals surface area contributed by atoms with Gasteiger partial charge in [0.25, 0.3) is 0 Å². The van der Waals surface area contributed by atoms with Gasteiger partial charge in [-0.2, -0.15) is 13.8 Å². The highest BCUT2D eigenvalue weighted by atomic mass is 19.2. The number of benzene rings is 1. The summed E-state index contributed by atoms with van der Waals surface area (Å²) in [5.74, 6) is -8.47. The summed E-state index contributed by atoms with van der Waals surface area (Å²) in [6, 6.07) is 2.36. The summed E-state index contributed by atoms with van der Waals surface area (Å²) < 4.78 is 59.3. The zero-order valence-corrected chi connectivity index (χ0v) is 10.5. The Kier molecular flexibility index (Phi) is 3.70. The molecule has 21 heavy (non-hydrogen) atoms. The standard InChI is InChI=1S/C13H9F4N3O/c1-2-6-9(14)11(16)13(12(17)10(6)15)21-8-4-5(18)3-7(19)20-8/h2-4H,1H2,(H4,18,19,20). The summed E-state index contributed by atoms with van der Waals surface area (Å²) in [6.45, 7) is 3.07. The fourth-order valence-electron chi connectivity index (χ4n) is 1.60. The Balaban J connectivity index is 2.57. The first-order valence-corrected chi connectivity index (χ1v) is 5.54. The van der Waals surface area contributed by atoms with Crippen LogP contribution in [0.15, 0.2) is 18.7 Å². The van der Waals surface area contributed by atoms with Crippen molar-refractivity contribution in [3.05, 3.63) is 47.5 Å². The number of nitrogen functional groups attached to an aromatic ring is 2. The lowest BCUT2D eigenvalue weighted by Crippen LogP contribution is -2.05. The third kappa shape index (κ3) is 2.60. The van der Waals surface area contributed by atoms with Gasteiger partial charge >= 0.3 is 0 Å². The normalized spacial score (nSPS) is 10.5. The van der Waals surface area contributed by atoms with Crippen molar-refractivity contribution in [2.75, 3.05) is 11.5 Å². The summed E-state index contributed by atoms with van der Waals surface area (Å²) in [6.07, 6.45) is 0.650. The van der Waals surface area contributed by atoms with Crippen LogP contribution in [0.4, 0.5) is 29.1 Å². The minimum atomic E-state index is -1.72. The second-order valence-corrected chi connectivity index (χ2v) is 3.97. The number of hydrogen-bond donors (Lipinski definition) is 2. The molecule has 0 aliphatic carbocycles. The van der Waals surface area contributed by atoms with Gasteiger partial charge in [0, 0.05) is 17.8 Å². The minimum absolute atomic E-state index is 0.0885. The molecule has 110 valence electrons. The smallest absolute Gasteiger partial charge is 0.223 e. The second kappa shape index (κ2) is 5.31. The van der Waals surface area contributed by atoms with Crippen molar-refractivity contribution in [1.29, 1.82) is 0 Å². The molecule has 8 heteroatoms. The van der Waals surface area contributed by atoms with Crippen molar-refractivity contribution >= 4 is 17.6 Å². The molecule has 4 N–H and O–H groups in total. The molecule has 0 saturated carbocycles. The van der Waals surface area contributed by atoms with Gasteiger partial charge in [0.1, 0.15) is 5.82 Å². The van der Waals surface area contributed by atoms with Crippen molar-refractivity contribution < 1.29 is 22.3 Å². The van der Waals surface area contributed by atoms with Gasteiger partial charge in [-0.05, 0) is 0 Å². The average molecular weight is 299 g/mol. The number of rotatable bonds is 3. The number of halogens is 4. The molecule has 4 nitrogen and oxygen atoms in total. The summed E-state index contributed by atoms with van der Waals surface area (Å²) in [4.78, 5) is 3.59. The lowest BCUT2D eigenvalue weighted by molar-refractivity contribution is 0.358. The van der Waals surface area contributed by atoms with E-state index in [-0.39, 0.29) is 11.5 Å². The zero-order chi connectivity index (χ0) is 15.7. The van der Waals surface area contributed by atoms with E-state index in [1.165, 1.54) is 6.07 Å². The molecule has 0 unspecified atom stereocenters. The molecule has 0 amide bonds. The zero-order valence-electron chi connectivity index (χ0n) is 10.5. The maximum absolute atomic E-state index is 13.7. The van der Waals surface area contributed by atoms with Crippen LogP contribution in [0.5, 0.6) is 11.6 Å². The second-order valence-electron chi connectivity index (χ2n) is 3.97. The first kappa shape index (κ1) is 14.6. The van der Waals surface area contributed by atoms with Crippen LogP contribution < -0.4 is 16.2 Å². The Hall–Kier alpha value is -2.77. The highest BCUT2D eigenvalue weighted by molar-refractivity contribution is 5.53. The molecule has 0 bridgehead atoms. The Labute approximate surface area is 116 Å². The van der Waals surface area contributed by atoms with E-state index < -0.39 is 40.5 Å². The first-order chi connectivity index (χ1) is 9.85. The summed E-state index contributed by atoms with van der Waals surface area (Å²) >= 11 is 0. The molecule has 0 fully saturated rings. The fraction of sp³-hybridized carbons (Fsp3) is 0. The number of pyridine rings is 1. The third-order valence-corrected chi connectivity index (χ3v) is 2.51. The Morgan fingerprint density at radius 2 is 1.57 bits per heavy atom. The fourth-order valence-corrected chi connectivity index (χ4v) is 1.60. The van der Waals surface area contributed by atoms with Crippen molar-refractivity contribution in [3.63, 3.8) is 0 Å². The number of aromatic nitrogens is 1. The molecule has 2 rings (SSSR count). The van der Waals surface area contributed by atoms with E-state index in [0.717, 1.165) is 6.07 Å². The summed E-state index contributed by atoms with van der Waals surface area (Å²) in [7, 11) is 0. The van der Waals surface area contributed by atoms with E-state index in [9.17, 15) is 17.6 Å². The van der Waals surface area contributed by atoms with Crippen LogP contribution in [-0.4, -0.2) is 4.98 Å². The van der Waals surface area contributed by atoms with Gasteiger partial charge in [-0.15, -0.1) is 0 Å². The molecule has 2 aromatic rings. The molecule has 0 saturated heterocycles. The van der Waals surface area contributed by atoms with Crippen LogP contribution in [0.3, 0.4) is 0 Å². The molecular weight excluding hydrogens is 290 g/mol. The van der Waals surface area contributed by atoms with Crippen molar-refractivity contribution in [1.82, 2.24) is 4.98 Å². The molecule has 1 heterocycles. The van der Waals surface area contributed by atoms with Gasteiger partial charge in [0.05, 0.1) is 5.56 Å². The van der Waals surface area contributed by atoms with Gasteiger partial charge in [-0.3, -0.25) is 0 Å². The van der Waals surface area contributed by atoms with Gasteiger partial charge in [0.15, 0.2) is 11.6 Å². The van der Waals surface area contributed by atoms with Crippen molar-refractivity contribution in [2.45, 2.75) is 0 Å². The number of nitrogens with zero attached hydrogens (tertiary/aromatic N) is 1. The molecule has 1 aromatic heterocycles. The van der Waals surface area contributed by atoms with Gasteiger partial charge in [-0.25, -0.2) is 8.78 Å². The summed E-state index contributed by atoms with van der Waals surface area (Å²) in [5, 5.41) is 0. The van der Waals surface area contributed by atoms with E-state index in [4.69, 9.17) is 16.2 Å². The number of nitrogens with two attached hydrogens (primary N) is 2. The largest absolute Gasteiger partial charge is 0.432 e. The Morgan fingerprint density at radius 3 is 2.05 bits per heavy atom. The van der Waals surface area contributed by atoms with E-state index >= 15 is 0 Å². The predicted octanol–water partition coefficient (Wildman–Crippen LogP) is 3.24. The molecule has 1 aromatic carbocycles. The Bertz CT molecular complexity index is 685. The molecule has 0 atom stereocenters.